The van der Waals surface area contributed by atoms with Crippen molar-refractivity contribution in [1.82, 2.24) is 9.80 Å². The van der Waals surface area contributed by atoms with Crippen molar-refractivity contribution in [2.75, 3.05) is 26.7 Å². The molecule has 6 heteroatoms. The molecule has 5 nitrogen and oxygen atoms in total. The number of hydrogen-bond donors (Lipinski definition) is 0. The third-order valence-corrected chi connectivity index (χ3v) is 4.41. The molecule has 0 bridgehead atoms. The highest BCUT2D eigenvalue weighted by molar-refractivity contribution is 7.12. The molecule has 1 fully saturated rings. The molecule has 0 spiro atoms. The van der Waals surface area contributed by atoms with Crippen molar-refractivity contribution in [2.45, 2.75) is 32.8 Å². The standard InChI is InChI=1S/C16H24N2O3S/c1-16(2,3)21-15(20)18-8-7-12(11-18)10-17(4)14(19)13-6-5-9-22-13/h5-6,9,12H,7-8,10-11H2,1-4H3/t12-/m0/s1. The van der Waals surface area contributed by atoms with Gasteiger partial charge in [-0.25, -0.2) is 4.79 Å². The van der Waals surface area contributed by atoms with Crippen LogP contribution in [0.3, 0.4) is 0 Å². The molecule has 0 N–H and O–H groups in total. The van der Waals surface area contributed by atoms with Crippen molar-refractivity contribution >= 4 is 23.3 Å². The zero-order valence-electron chi connectivity index (χ0n) is 13.7. The van der Waals surface area contributed by atoms with E-state index in [-0.39, 0.29) is 12.0 Å². The zero-order chi connectivity index (χ0) is 16.3. The molecule has 122 valence electrons. The fourth-order valence-corrected chi connectivity index (χ4v) is 3.25. The Morgan fingerprint density at radius 3 is 2.77 bits per heavy atom. The summed E-state index contributed by atoms with van der Waals surface area (Å²) in [6, 6.07) is 3.72. The summed E-state index contributed by atoms with van der Waals surface area (Å²) in [4.78, 5) is 28.5. The van der Waals surface area contributed by atoms with Crippen molar-refractivity contribution < 1.29 is 14.3 Å². The maximum Gasteiger partial charge on any atom is 0.410 e. The molecule has 0 radical (unpaired) electrons. The predicted octanol–water partition coefficient (Wildman–Crippen LogP) is 3.08. The molecule has 1 aromatic heterocycles. The van der Waals surface area contributed by atoms with Crippen molar-refractivity contribution in [3.05, 3.63) is 22.4 Å². The van der Waals surface area contributed by atoms with E-state index in [0.29, 0.717) is 25.6 Å². The maximum absolute atomic E-state index is 12.2. The molecule has 2 amide bonds. The van der Waals surface area contributed by atoms with Crippen LogP contribution in [-0.4, -0.2) is 54.1 Å². The molecule has 1 saturated heterocycles. The molecule has 1 aromatic rings. The number of hydrogen-bond acceptors (Lipinski definition) is 4. The molecule has 0 saturated carbocycles. The first-order chi connectivity index (χ1) is 10.3. The third kappa shape index (κ3) is 4.47. The monoisotopic (exact) mass is 324 g/mol. The number of likely N-dealkylation sites (tertiary alicyclic amines) is 1. The van der Waals surface area contributed by atoms with Gasteiger partial charge in [0.1, 0.15) is 5.60 Å². The van der Waals surface area contributed by atoms with E-state index in [1.807, 2.05) is 45.3 Å². The Labute approximate surface area is 135 Å². The van der Waals surface area contributed by atoms with Crippen molar-refractivity contribution in [3.8, 4) is 0 Å². The summed E-state index contributed by atoms with van der Waals surface area (Å²) in [5.74, 6) is 0.354. The second kappa shape index (κ2) is 6.69. The minimum atomic E-state index is -0.471. The number of nitrogens with zero attached hydrogens (tertiary/aromatic N) is 2. The van der Waals surface area contributed by atoms with Gasteiger partial charge in [-0.15, -0.1) is 11.3 Å². The summed E-state index contributed by atoms with van der Waals surface area (Å²) in [7, 11) is 1.82. The lowest BCUT2D eigenvalue weighted by Gasteiger charge is -2.25. The first-order valence-electron chi connectivity index (χ1n) is 7.53. The number of amides is 2. The van der Waals surface area contributed by atoms with Gasteiger partial charge in [0.25, 0.3) is 5.91 Å². The van der Waals surface area contributed by atoms with Gasteiger partial charge in [0.2, 0.25) is 0 Å². The van der Waals surface area contributed by atoms with Gasteiger partial charge in [-0.3, -0.25) is 4.79 Å². The summed E-state index contributed by atoms with van der Waals surface area (Å²) >= 11 is 1.45. The minimum Gasteiger partial charge on any atom is -0.444 e. The lowest BCUT2D eigenvalue weighted by atomic mass is 10.1. The minimum absolute atomic E-state index is 0.0470. The highest BCUT2D eigenvalue weighted by Crippen LogP contribution is 2.21. The van der Waals surface area contributed by atoms with Gasteiger partial charge in [-0.1, -0.05) is 6.07 Å². The number of thiophene rings is 1. The number of carbonyl (C=O) groups excluding carboxylic acids is 2. The SMILES string of the molecule is CN(C[C@@H]1CCN(C(=O)OC(C)(C)C)C1)C(=O)c1cccs1. The summed E-state index contributed by atoms with van der Waals surface area (Å²) in [5, 5.41) is 1.90. The predicted molar refractivity (Wildman–Crippen MR) is 87.2 cm³/mol. The normalized spacial score (nSPS) is 18.4. The molecule has 0 aromatic carbocycles. The fraction of sp³-hybridized carbons (Fsp3) is 0.625. The van der Waals surface area contributed by atoms with Gasteiger partial charge in [0.05, 0.1) is 4.88 Å². The largest absolute Gasteiger partial charge is 0.444 e. The summed E-state index contributed by atoms with van der Waals surface area (Å²) < 4.78 is 5.39. The van der Waals surface area contributed by atoms with Crippen LogP contribution in [0.25, 0.3) is 0 Å². The Morgan fingerprint density at radius 1 is 1.45 bits per heavy atom. The first-order valence-corrected chi connectivity index (χ1v) is 8.41. The van der Waals surface area contributed by atoms with Crippen LogP contribution in [0.1, 0.15) is 36.9 Å². The molecule has 22 heavy (non-hydrogen) atoms. The van der Waals surface area contributed by atoms with Crippen molar-refractivity contribution in [2.24, 2.45) is 5.92 Å². The summed E-state index contributed by atoms with van der Waals surface area (Å²) in [6.07, 6.45) is 0.642. The molecule has 1 atom stereocenters. The Bertz CT molecular complexity index is 522. The van der Waals surface area contributed by atoms with Gasteiger partial charge in [-0.05, 0) is 44.6 Å². The molecule has 2 heterocycles. The molecule has 1 aliphatic heterocycles. The summed E-state index contributed by atoms with van der Waals surface area (Å²) in [5.41, 5.74) is -0.471. The Hall–Kier alpha value is -1.56. The van der Waals surface area contributed by atoms with Gasteiger partial charge >= 0.3 is 6.09 Å². The van der Waals surface area contributed by atoms with Crippen LogP contribution in [0.5, 0.6) is 0 Å². The molecule has 0 unspecified atom stereocenters. The second-order valence-corrected chi connectivity index (χ2v) is 7.69. The van der Waals surface area contributed by atoms with E-state index in [2.05, 4.69) is 0 Å². The van der Waals surface area contributed by atoms with Gasteiger partial charge in [0, 0.05) is 26.7 Å². The molecular weight excluding hydrogens is 300 g/mol. The number of carbonyl (C=O) groups is 2. The van der Waals surface area contributed by atoms with Crippen molar-refractivity contribution in [1.29, 1.82) is 0 Å². The van der Waals surface area contributed by atoms with E-state index in [1.54, 1.807) is 9.80 Å². The second-order valence-electron chi connectivity index (χ2n) is 6.74. The molecular formula is C16H24N2O3S. The van der Waals surface area contributed by atoms with Crippen LogP contribution in [0.15, 0.2) is 17.5 Å². The summed E-state index contributed by atoms with van der Waals surface area (Å²) in [6.45, 7) is 7.61. The Morgan fingerprint density at radius 2 is 2.18 bits per heavy atom. The van der Waals surface area contributed by atoms with Crippen molar-refractivity contribution in [3.63, 3.8) is 0 Å². The van der Waals surface area contributed by atoms with E-state index >= 15 is 0 Å². The van der Waals surface area contributed by atoms with Crippen LogP contribution in [-0.2, 0) is 4.74 Å². The molecule has 2 rings (SSSR count). The average molecular weight is 324 g/mol. The smallest absolute Gasteiger partial charge is 0.410 e. The van der Waals surface area contributed by atoms with Crippen LogP contribution in [0.4, 0.5) is 4.79 Å². The van der Waals surface area contributed by atoms with E-state index < -0.39 is 5.60 Å². The van der Waals surface area contributed by atoms with Crippen LogP contribution in [0.2, 0.25) is 0 Å². The Balaban J connectivity index is 1.83. The van der Waals surface area contributed by atoms with Crippen LogP contribution in [0, 0.1) is 5.92 Å². The highest BCUT2D eigenvalue weighted by Gasteiger charge is 2.31. The van der Waals surface area contributed by atoms with Gasteiger partial charge in [0.15, 0.2) is 0 Å². The lowest BCUT2D eigenvalue weighted by Crippen LogP contribution is -2.37. The quantitative estimate of drug-likeness (QED) is 0.858. The van der Waals surface area contributed by atoms with E-state index in [4.69, 9.17) is 4.74 Å². The highest BCUT2D eigenvalue weighted by atomic mass is 32.1. The van der Waals surface area contributed by atoms with E-state index in [1.165, 1.54) is 11.3 Å². The van der Waals surface area contributed by atoms with Crippen LogP contribution >= 0.6 is 11.3 Å². The topological polar surface area (TPSA) is 49.9 Å². The molecule has 0 aliphatic carbocycles. The fourth-order valence-electron chi connectivity index (χ4n) is 2.53. The zero-order valence-corrected chi connectivity index (χ0v) is 14.5. The Kier molecular flexibility index (Phi) is 5.11. The van der Waals surface area contributed by atoms with Gasteiger partial charge in [-0.2, -0.15) is 0 Å². The maximum atomic E-state index is 12.2. The lowest BCUT2D eigenvalue weighted by molar-refractivity contribution is 0.0286. The van der Waals surface area contributed by atoms with E-state index in [0.717, 1.165) is 11.3 Å². The van der Waals surface area contributed by atoms with Crippen LogP contribution < -0.4 is 0 Å². The van der Waals surface area contributed by atoms with Gasteiger partial charge < -0.3 is 14.5 Å². The molecule has 1 aliphatic rings. The average Bonchev–Trinajstić information content (AvgIpc) is 3.06. The van der Waals surface area contributed by atoms with E-state index in [9.17, 15) is 9.59 Å². The first kappa shape index (κ1) is 16.8. The number of ether oxygens (including phenoxy) is 1. The third-order valence-electron chi connectivity index (χ3n) is 3.55. The number of rotatable bonds is 3.